The van der Waals surface area contributed by atoms with E-state index in [1.54, 1.807) is 30.4 Å². The molecular formula is C18H23N3O3. The van der Waals surface area contributed by atoms with Crippen molar-refractivity contribution in [3.8, 4) is 0 Å². The van der Waals surface area contributed by atoms with Gasteiger partial charge in [-0.1, -0.05) is 6.92 Å². The highest BCUT2D eigenvalue weighted by atomic mass is 16.3. The number of ketones is 1. The van der Waals surface area contributed by atoms with Crippen LogP contribution in [0.4, 0.5) is 0 Å². The van der Waals surface area contributed by atoms with Crippen LogP contribution in [0.1, 0.15) is 54.8 Å². The highest BCUT2D eigenvalue weighted by Crippen LogP contribution is 2.34. The van der Waals surface area contributed by atoms with Gasteiger partial charge >= 0.3 is 0 Å². The molecule has 1 fully saturated rings. The van der Waals surface area contributed by atoms with E-state index in [4.69, 9.17) is 4.42 Å². The van der Waals surface area contributed by atoms with Crippen molar-refractivity contribution in [2.45, 2.75) is 38.6 Å². The highest BCUT2D eigenvalue weighted by Gasteiger charge is 2.32. The van der Waals surface area contributed by atoms with E-state index >= 15 is 0 Å². The van der Waals surface area contributed by atoms with Crippen LogP contribution < -0.4 is 0 Å². The maximum Gasteiger partial charge on any atom is 0.223 e. The second-order valence-corrected chi connectivity index (χ2v) is 6.57. The molecule has 0 spiro atoms. The minimum atomic E-state index is -0.0450. The van der Waals surface area contributed by atoms with Crippen LogP contribution >= 0.6 is 0 Å². The van der Waals surface area contributed by atoms with Crippen LogP contribution in [0.25, 0.3) is 0 Å². The Kier molecular flexibility index (Phi) is 4.83. The second kappa shape index (κ2) is 7.03. The maximum atomic E-state index is 12.7. The Morgan fingerprint density at radius 3 is 2.88 bits per heavy atom. The van der Waals surface area contributed by atoms with Gasteiger partial charge in [-0.25, -0.2) is 0 Å². The molecule has 3 rings (SSSR count). The quantitative estimate of drug-likeness (QED) is 0.791. The number of furan rings is 1. The molecule has 24 heavy (non-hydrogen) atoms. The largest absolute Gasteiger partial charge is 0.467 e. The lowest BCUT2D eigenvalue weighted by Gasteiger charge is -2.37. The number of carbonyl (C=O) groups excluding carboxylic acids is 2. The van der Waals surface area contributed by atoms with E-state index in [9.17, 15) is 9.59 Å². The molecule has 1 amide bonds. The molecule has 0 N–H and O–H groups in total. The Balaban J connectivity index is 1.63. The molecule has 0 bridgehead atoms. The molecule has 1 aliphatic rings. The Labute approximate surface area is 141 Å². The zero-order valence-corrected chi connectivity index (χ0v) is 14.1. The molecule has 3 heterocycles. The smallest absolute Gasteiger partial charge is 0.223 e. The summed E-state index contributed by atoms with van der Waals surface area (Å²) in [6.07, 6.45) is 7.18. The van der Waals surface area contributed by atoms with Crippen molar-refractivity contribution in [2.75, 3.05) is 6.54 Å². The minimum absolute atomic E-state index is 0.0144. The predicted octanol–water partition coefficient (Wildman–Crippen LogP) is 2.98. The van der Waals surface area contributed by atoms with Crippen molar-refractivity contribution < 1.29 is 14.0 Å². The second-order valence-electron chi connectivity index (χ2n) is 6.57. The third-order valence-corrected chi connectivity index (χ3v) is 4.65. The number of hydrogen-bond donors (Lipinski definition) is 0. The van der Waals surface area contributed by atoms with E-state index in [1.807, 2.05) is 17.0 Å². The molecule has 1 aliphatic heterocycles. The number of piperidine rings is 1. The molecule has 1 saturated heterocycles. The Morgan fingerprint density at radius 2 is 2.21 bits per heavy atom. The third kappa shape index (κ3) is 3.58. The molecule has 0 unspecified atom stereocenters. The molecule has 0 radical (unpaired) electrons. The molecular weight excluding hydrogens is 306 g/mol. The predicted molar refractivity (Wildman–Crippen MR) is 88.3 cm³/mol. The van der Waals surface area contributed by atoms with E-state index in [1.165, 1.54) is 0 Å². The summed E-state index contributed by atoms with van der Waals surface area (Å²) < 4.78 is 7.12. The first-order chi connectivity index (χ1) is 11.5. The number of carbonyl (C=O) groups is 2. The number of aryl methyl sites for hydroxylation is 1. The highest BCUT2D eigenvalue weighted by molar-refractivity contribution is 5.97. The summed E-state index contributed by atoms with van der Waals surface area (Å²) in [5.41, 5.74) is 0.556. The fraction of sp³-hybridized carbons (Fsp3) is 0.500. The standard InChI is InChI=1S/C18H23N3O3/c1-13-7-8-21(15(10-13)17-4-3-9-24-17)18(23)6-5-16(22)14-11-19-20(2)12-14/h3-4,9,11-13,15H,5-8,10H2,1-2H3/t13-,15+/m0/s1. The van der Waals surface area contributed by atoms with Gasteiger partial charge in [-0.15, -0.1) is 0 Å². The van der Waals surface area contributed by atoms with Crippen LogP contribution in [0, 0.1) is 5.92 Å². The Morgan fingerprint density at radius 1 is 1.38 bits per heavy atom. The first-order valence-corrected chi connectivity index (χ1v) is 8.39. The van der Waals surface area contributed by atoms with Crippen LogP contribution in [0.2, 0.25) is 0 Å². The number of Topliss-reactive ketones (excluding diaryl/α,β-unsaturated/α-hetero) is 1. The van der Waals surface area contributed by atoms with Crippen molar-refractivity contribution in [2.24, 2.45) is 13.0 Å². The van der Waals surface area contributed by atoms with Crippen molar-refractivity contribution in [1.82, 2.24) is 14.7 Å². The van der Waals surface area contributed by atoms with E-state index in [2.05, 4.69) is 12.0 Å². The number of hydrogen-bond acceptors (Lipinski definition) is 4. The van der Waals surface area contributed by atoms with E-state index in [0.29, 0.717) is 18.0 Å². The monoisotopic (exact) mass is 329 g/mol. The molecule has 6 nitrogen and oxygen atoms in total. The molecule has 0 aromatic carbocycles. The fourth-order valence-electron chi connectivity index (χ4n) is 3.26. The normalized spacial score (nSPS) is 21.0. The number of rotatable bonds is 5. The average molecular weight is 329 g/mol. The van der Waals surface area contributed by atoms with Crippen LogP contribution in [-0.4, -0.2) is 32.9 Å². The number of nitrogens with zero attached hydrogens (tertiary/aromatic N) is 3. The lowest BCUT2D eigenvalue weighted by molar-refractivity contribution is -0.136. The van der Waals surface area contributed by atoms with Crippen molar-refractivity contribution in [1.29, 1.82) is 0 Å². The zero-order chi connectivity index (χ0) is 17.1. The molecule has 6 heteroatoms. The number of likely N-dealkylation sites (tertiary alicyclic amines) is 1. The van der Waals surface area contributed by atoms with Crippen molar-refractivity contribution >= 4 is 11.7 Å². The zero-order valence-electron chi connectivity index (χ0n) is 14.1. The van der Waals surface area contributed by atoms with Gasteiger partial charge in [0, 0.05) is 32.6 Å². The summed E-state index contributed by atoms with van der Waals surface area (Å²) in [7, 11) is 1.77. The van der Waals surface area contributed by atoms with Crippen LogP contribution in [0.5, 0.6) is 0 Å². The van der Waals surface area contributed by atoms with Gasteiger partial charge in [0.15, 0.2) is 5.78 Å². The van der Waals surface area contributed by atoms with Crippen LogP contribution in [-0.2, 0) is 11.8 Å². The van der Waals surface area contributed by atoms with E-state index in [0.717, 1.165) is 18.6 Å². The molecule has 128 valence electrons. The summed E-state index contributed by atoms with van der Waals surface area (Å²) in [4.78, 5) is 26.7. The van der Waals surface area contributed by atoms with E-state index in [-0.39, 0.29) is 30.6 Å². The Hall–Kier alpha value is -2.37. The maximum absolute atomic E-state index is 12.7. The van der Waals surface area contributed by atoms with Gasteiger partial charge in [0.1, 0.15) is 5.76 Å². The van der Waals surface area contributed by atoms with Gasteiger partial charge in [0.2, 0.25) is 5.91 Å². The van der Waals surface area contributed by atoms with Crippen molar-refractivity contribution in [3.63, 3.8) is 0 Å². The minimum Gasteiger partial charge on any atom is -0.467 e. The van der Waals surface area contributed by atoms with Gasteiger partial charge in [0.05, 0.1) is 24.1 Å². The molecule has 2 aromatic rings. The van der Waals surface area contributed by atoms with Crippen molar-refractivity contribution in [3.05, 3.63) is 42.1 Å². The molecule has 2 atom stereocenters. The molecule has 0 aliphatic carbocycles. The van der Waals surface area contributed by atoms with Gasteiger partial charge in [-0.3, -0.25) is 14.3 Å². The first-order valence-electron chi connectivity index (χ1n) is 8.39. The summed E-state index contributed by atoms with van der Waals surface area (Å²) in [5.74, 6) is 1.35. The lowest BCUT2D eigenvalue weighted by Crippen LogP contribution is -2.40. The Bertz CT molecular complexity index is 705. The summed E-state index contributed by atoms with van der Waals surface area (Å²) in [6, 6.07) is 3.75. The van der Waals surface area contributed by atoms with Gasteiger partial charge in [-0.2, -0.15) is 5.10 Å². The molecule has 2 aromatic heterocycles. The fourth-order valence-corrected chi connectivity index (χ4v) is 3.26. The number of aromatic nitrogens is 2. The third-order valence-electron chi connectivity index (χ3n) is 4.65. The summed E-state index contributed by atoms with van der Waals surface area (Å²) in [6.45, 7) is 2.91. The topological polar surface area (TPSA) is 68.3 Å². The van der Waals surface area contributed by atoms with Crippen LogP contribution in [0.15, 0.2) is 35.2 Å². The SMILES string of the molecule is C[C@H]1CCN(C(=O)CCC(=O)c2cnn(C)c2)[C@@H](c2ccco2)C1. The summed E-state index contributed by atoms with van der Waals surface area (Å²) >= 11 is 0. The van der Waals surface area contributed by atoms with Crippen LogP contribution in [0.3, 0.4) is 0 Å². The van der Waals surface area contributed by atoms with Gasteiger partial charge in [0.25, 0.3) is 0 Å². The first kappa shape index (κ1) is 16.5. The molecule has 0 saturated carbocycles. The van der Waals surface area contributed by atoms with E-state index < -0.39 is 0 Å². The van der Waals surface area contributed by atoms with Gasteiger partial charge in [-0.05, 0) is 30.9 Å². The van der Waals surface area contributed by atoms with Gasteiger partial charge < -0.3 is 9.32 Å². The summed E-state index contributed by atoms with van der Waals surface area (Å²) in [5, 5.41) is 4.00. The lowest BCUT2D eigenvalue weighted by atomic mass is 9.90. The average Bonchev–Trinajstić information content (AvgIpc) is 3.23. The number of amides is 1.